The van der Waals surface area contributed by atoms with Crippen LogP contribution < -0.4 is 0 Å². The standard InChI is InChI=1S/C19H17BrN4O5S/c20-13-1-6-18-16(11-13)17(12-21-18)19(25)22-7-9-23(10-8-22)30(28,29)15-4-2-14(3-5-15)24(26)27/h1-6,11-12,21H,7-10H2. The van der Waals surface area contributed by atoms with Crippen LogP contribution in [0.15, 0.2) is 58.0 Å². The molecule has 2 aromatic carbocycles. The molecule has 0 bridgehead atoms. The number of nitro benzene ring substituents is 1. The van der Waals surface area contributed by atoms with Gasteiger partial charge in [0.15, 0.2) is 0 Å². The Labute approximate surface area is 180 Å². The molecule has 11 heteroatoms. The largest absolute Gasteiger partial charge is 0.360 e. The van der Waals surface area contributed by atoms with E-state index in [9.17, 15) is 23.3 Å². The minimum absolute atomic E-state index is 0.00523. The number of carbonyl (C=O) groups is 1. The predicted octanol–water partition coefficient (Wildman–Crippen LogP) is 2.99. The average Bonchev–Trinajstić information content (AvgIpc) is 3.16. The molecule has 0 spiro atoms. The van der Waals surface area contributed by atoms with Crippen molar-refractivity contribution in [1.82, 2.24) is 14.2 Å². The normalized spacial score (nSPS) is 15.4. The van der Waals surface area contributed by atoms with Crippen LogP contribution >= 0.6 is 15.9 Å². The van der Waals surface area contributed by atoms with E-state index in [0.717, 1.165) is 15.4 Å². The second kappa shape index (κ2) is 7.82. The third-order valence-electron chi connectivity index (χ3n) is 5.09. The first-order valence-electron chi connectivity index (χ1n) is 9.08. The Bertz CT molecular complexity index is 1230. The molecule has 4 rings (SSSR count). The van der Waals surface area contributed by atoms with Crippen LogP contribution in [0.25, 0.3) is 10.9 Å². The monoisotopic (exact) mass is 492 g/mol. The highest BCUT2D eigenvalue weighted by atomic mass is 79.9. The summed E-state index contributed by atoms with van der Waals surface area (Å²) in [7, 11) is -3.79. The number of nitro groups is 1. The molecular weight excluding hydrogens is 476 g/mol. The Balaban J connectivity index is 1.48. The predicted molar refractivity (Wildman–Crippen MR) is 114 cm³/mol. The van der Waals surface area contributed by atoms with Crippen LogP contribution in [0.1, 0.15) is 10.4 Å². The summed E-state index contributed by atoms with van der Waals surface area (Å²) in [5.41, 5.74) is 1.22. The van der Waals surface area contributed by atoms with Gasteiger partial charge in [-0.25, -0.2) is 8.42 Å². The zero-order valence-electron chi connectivity index (χ0n) is 15.6. The number of nitrogens with one attached hydrogen (secondary N) is 1. The summed E-state index contributed by atoms with van der Waals surface area (Å²) in [6.07, 6.45) is 1.67. The van der Waals surface area contributed by atoms with Crippen molar-refractivity contribution in [1.29, 1.82) is 0 Å². The van der Waals surface area contributed by atoms with Gasteiger partial charge < -0.3 is 9.88 Å². The van der Waals surface area contributed by atoms with Gasteiger partial charge in [-0.3, -0.25) is 14.9 Å². The first kappa shape index (κ1) is 20.5. The van der Waals surface area contributed by atoms with Crippen LogP contribution in [0.3, 0.4) is 0 Å². The number of benzene rings is 2. The summed E-state index contributed by atoms with van der Waals surface area (Å²) in [5.74, 6) is -0.160. The van der Waals surface area contributed by atoms with E-state index < -0.39 is 14.9 Å². The summed E-state index contributed by atoms with van der Waals surface area (Å²) < 4.78 is 27.8. The smallest absolute Gasteiger partial charge is 0.269 e. The first-order valence-corrected chi connectivity index (χ1v) is 11.3. The Kier molecular flexibility index (Phi) is 5.35. The third-order valence-corrected chi connectivity index (χ3v) is 7.49. The van der Waals surface area contributed by atoms with E-state index in [0.29, 0.717) is 5.56 Å². The second-order valence-corrected chi connectivity index (χ2v) is 9.69. The second-order valence-electron chi connectivity index (χ2n) is 6.84. The minimum atomic E-state index is -3.79. The van der Waals surface area contributed by atoms with Crippen molar-refractivity contribution in [2.45, 2.75) is 4.90 Å². The Morgan fingerprint density at radius 1 is 1.07 bits per heavy atom. The molecule has 0 saturated carbocycles. The van der Waals surface area contributed by atoms with Crippen molar-refractivity contribution in [3.63, 3.8) is 0 Å². The zero-order chi connectivity index (χ0) is 21.5. The van der Waals surface area contributed by atoms with Crippen LogP contribution in [0.4, 0.5) is 5.69 Å². The number of rotatable bonds is 4. The molecule has 9 nitrogen and oxygen atoms in total. The van der Waals surface area contributed by atoms with Gasteiger partial charge in [0.1, 0.15) is 0 Å². The molecule has 1 N–H and O–H groups in total. The summed E-state index contributed by atoms with van der Waals surface area (Å²) in [6, 6.07) is 10.4. The molecule has 0 unspecified atom stereocenters. The number of hydrogen-bond acceptors (Lipinski definition) is 5. The van der Waals surface area contributed by atoms with Gasteiger partial charge in [-0.05, 0) is 30.3 Å². The molecule has 2 heterocycles. The van der Waals surface area contributed by atoms with Gasteiger partial charge in [-0.1, -0.05) is 15.9 Å². The lowest BCUT2D eigenvalue weighted by Gasteiger charge is -2.34. The Hall–Kier alpha value is -2.76. The third kappa shape index (κ3) is 3.71. The number of hydrogen-bond donors (Lipinski definition) is 1. The maximum Gasteiger partial charge on any atom is 0.269 e. The molecule has 1 saturated heterocycles. The van der Waals surface area contributed by atoms with Crippen LogP contribution in [-0.2, 0) is 10.0 Å². The van der Waals surface area contributed by atoms with Crippen LogP contribution in [0, 0.1) is 10.1 Å². The van der Waals surface area contributed by atoms with E-state index in [1.807, 2.05) is 18.2 Å². The number of non-ortho nitro benzene ring substituents is 1. The van der Waals surface area contributed by atoms with Crippen LogP contribution in [0.5, 0.6) is 0 Å². The number of piperazine rings is 1. The highest BCUT2D eigenvalue weighted by molar-refractivity contribution is 9.10. The van der Waals surface area contributed by atoms with Gasteiger partial charge in [0.25, 0.3) is 11.6 Å². The summed E-state index contributed by atoms with van der Waals surface area (Å²) >= 11 is 3.41. The molecule has 30 heavy (non-hydrogen) atoms. The molecule has 156 valence electrons. The molecular formula is C19H17BrN4O5S. The van der Waals surface area contributed by atoms with Gasteiger partial charge in [0, 0.05) is 59.9 Å². The number of H-pyrrole nitrogens is 1. The van der Waals surface area contributed by atoms with Crippen molar-refractivity contribution < 1.29 is 18.1 Å². The molecule has 0 aliphatic carbocycles. The molecule has 1 aromatic heterocycles. The van der Waals surface area contributed by atoms with Gasteiger partial charge in [-0.2, -0.15) is 4.31 Å². The lowest BCUT2D eigenvalue weighted by molar-refractivity contribution is -0.384. The molecule has 0 radical (unpaired) electrons. The van der Waals surface area contributed by atoms with Crippen molar-refractivity contribution >= 4 is 48.5 Å². The van der Waals surface area contributed by atoms with Crippen molar-refractivity contribution in [3.8, 4) is 0 Å². The maximum atomic E-state index is 13.0. The number of carbonyl (C=O) groups excluding carboxylic acids is 1. The number of nitrogens with zero attached hydrogens (tertiary/aromatic N) is 3. The number of sulfonamides is 1. The van der Waals surface area contributed by atoms with Crippen LogP contribution in [0.2, 0.25) is 0 Å². The Morgan fingerprint density at radius 3 is 2.37 bits per heavy atom. The molecule has 3 aromatic rings. The van der Waals surface area contributed by atoms with E-state index in [4.69, 9.17) is 0 Å². The molecule has 0 atom stereocenters. The number of halogens is 1. The highest BCUT2D eigenvalue weighted by Gasteiger charge is 2.31. The van der Waals surface area contributed by atoms with Crippen LogP contribution in [-0.4, -0.2) is 59.6 Å². The molecule has 1 amide bonds. The molecule has 1 aliphatic rings. The van der Waals surface area contributed by atoms with Crippen molar-refractivity contribution in [3.05, 3.63) is 68.8 Å². The summed E-state index contributed by atoms with van der Waals surface area (Å²) in [4.78, 5) is 27.9. The average molecular weight is 493 g/mol. The van der Waals surface area contributed by atoms with Gasteiger partial charge in [0.05, 0.1) is 15.4 Å². The van der Waals surface area contributed by atoms with Gasteiger partial charge in [-0.15, -0.1) is 0 Å². The number of aromatic nitrogens is 1. The number of amides is 1. The Morgan fingerprint density at radius 2 is 1.73 bits per heavy atom. The van der Waals surface area contributed by atoms with E-state index in [-0.39, 0.29) is 42.7 Å². The minimum Gasteiger partial charge on any atom is -0.360 e. The fourth-order valence-electron chi connectivity index (χ4n) is 3.46. The van der Waals surface area contributed by atoms with E-state index >= 15 is 0 Å². The lowest BCUT2D eigenvalue weighted by Crippen LogP contribution is -2.50. The number of aromatic amines is 1. The summed E-state index contributed by atoms with van der Waals surface area (Å²) in [5, 5.41) is 11.6. The van der Waals surface area contributed by atoms with Crippen molar-refractivity contribution in [2.24, 2.45) is 0 Å². The van der Waals surface area contributed by atoms with E-state index in [1.165, 1.54) is 28.6 Å². The maximum absolute atomic E-state index is 13.0. The van der Waals surface area contributed by atoms with E-state index in [1.54, 1.807) is 11.1 Å². The van der Waals surface area contributed by atoms with Gasteiger partial charge >= 0.3 is 0 Å². The SMILES string of the molecule is O=C(c1c[nH]c2ccc(Br)cc12)N1CCN(S(=O)(=O)c2ccc([N+](=O)[O-])cc2)CC1. The van der Waals surface area contributed by atoms with E-state index in [2.05, 4.69) is 20.9 Å². The number of fused-ring (bicyclic) bond motifs is 1. The molecule has 1 fully saturated rings. The quantitative estimate of drug-likeness (QED) is 0.443. The van der Waals surface area contributed by atoms with Crippen molar-refractivity contribution in [2.75, 3.05) is 26.2 Å². The fraction of sp³-hybridized carbons (Fsp3) is 0.211. The molecule has 1 aliphatic heterocycles. The summed E-state index contributed by atoms with van der Waals surface area (Å²) in [6.45, 7) is 0.811. The fourth-order valence-corrected chi connectivity index (χ4v) is 5.24. The zero-order valence-corrected chi connectivity index (χ0v) is 18.0. The first-order chi connectivity index (χ1) is 14.3. The topological polar surface area (TPSA) is 117 Å². The van der Waals surface area contributed by atoms with Gasteiger partial charge in [0.2, 0.25) is 10.0 Å². The lowest BCUT2D eigenvalue weighted by atomic mass is 10.1. The highest BCUT2D eigenvalue weighted by Crippen LogP contribution is 2.25.